The number of hydrogen-bond acceptors (Lipinski definition) is 4. The zero-order chi connectivity index (χ0) is 24.0. The second kappa shape index (κ2) is 11.1. The summed E-state index contributed by atoms with van der Waals surface area (Å²) in [5, 5.41) is 3.06. The van der Waals surface area contributed by atoms with Crippen LogP contribution in [0.1, 0.15) is 32.7 Å². The maximum absolute atomic E-state index is 13.6. The maximum Gasteiger partial charge on any atom is 0.259 e. The third kappa shape index (κ3) is 5.59. The molecular weight excluding hydrogens is 458 g/mol. The lowest BCUT2D eigenvalue weighted by molar-refractivity contribution is -0.908. The first-order chi connectivity index (χ1) is 17.2. The van der Waals surface area contributed by atoms with Crippen molar-refractivity contribution < 1.29 is 19.2 Å². The monoisotopic (exact) mass is 488 g/mol. The molecule has 2 heterocycles. The van der Waals surface area contributed by atoms with Gasteiger partial charge in [0.25, 0.3) is 11.8 Å². The standard InChI is InChI=1S/C28H29N3O3S/c32-27(29-13-6-14-30-15-17-34-18-16-30)22-11-12-26-24(19-22)31(20-21-7-2-1-3-8-21)28(33)23-9-4-5-10-25(23)35-26/h1-5,7-12,19H,6,13-18,20H2,(H,29,32)/p+1. The summed E-state index contributed by atoms with van der Waals surface area (Å²) in [6.07, 6.45) is 0.926. The summed E-state index contributed by atoms with van der Waals surface area (Å²) in [7, 11) is 0. The minimum absolute atomic E-state index is 0.0539. The Morgan fingerprint density at radius 1 is 0.971 bits per heavy atom. The lowest BCUT2D eigenvalue weighted by Gasteiger charge is -2.24. The Morgan fingerprint density at radius 3 is 2.57 bits per heavy atom. The predicted molar refractivity (Wildman–Crippen MR) is 137 cm³/mol. The van der Waals surface area contributed by atoms with Gasteiger partial charge in [0.2, 0.25) is 0 Å². The highest BCUT2D eigenvalue weighted by Crippen LogP contribution is 2.42. The van der Waals surface area contributed by atoms with E-state index in [0.717, 1.165) is 60.3 Å². The Balaban J connectivity index is 1.35. The van der Waals surface area contributed by atoms with Crippen molar-refractivity contribution >= 4 is 29.3 Å². The van der Waals surface area contributed by atoms with Crippen LogP contribution in [-0.4, -0.2) is 51.2 Å². The van der Waals surface area contributed by atoms with Gasteiger partial charge < -0.3 is 19.9 Å². The van der Waals surface area contributed by atoms with Crippen LogP contribution in [0.5, 0.6) is 0 Å². The molecule has 3 aromatic carbocycles. The van der Waals surface area contributed by atoms with Crippen molar-refractivity contribution in [1.82, 2.24) is 5.32 Å². The molecule has 2 aliphatic heterocycles. The van der Waals surface area contributed by atoms with Gasteiger partial charge in [-0.25, -0.2) is 0 Å². The molecule has 0 saturated carbocycles. The van der Waals surface area contributed by atoms with Crippen LogP contribution in [0, 0.1) is 0 Å². The summed E-state index contributed by atoms with van der Waals surface area (Å²) in [5.74, 6) is -0.162. The molecule has 0 spiro atoms. The molecule has 3 aromatic rings. The van der Waals surface area contributed by atoms with Crippen LogP contribution in [0.15, 0.2) is 82.6 Å². The number of hydrogen-bond donors (Lipinski definition) is 2. The summed E-state index contributed by atoms with van der Waals surface area (Å²) in [6, 6.07) is 23.3. The normalized spacial score (nSPS) is 15.8. The Bertz CT molecular complexity index is 1200. The number of rotatable bonds is 7. The number of nitrogens with zero attached hydrogens (tertiary/aromatic N) is 1. The number of amides is 2. The van der Waals surface area contributed by atoms with Gasteiger partial charge >= 0.3 is 0 Å². The van der Waals surface area contributed by atoms with Gasteiger partial charge in [-0.3, -0.25) is 9.59 Å². The number of ether oxygens (including phenoxy) is 1. The number of anilines is 1. The Labute approximate surface area is 210 Å². The van der Waals surface area contributed by atoms with Crippen LogP contribution in [0.4, 0.5) is 5.69 Å². The minimum atomic E-state index is -0.108. The SMILES string of the molecule is O=C(NCCC[NH+]1CCOCC1)c1ccc2c(c1)N(Cc1ccccc1)C(=O)c1ccccc1S2. The molecule has 1 saturated heterocycles. The second-order valence-corrected chi connectivity index (χ2v) is 9.96. The summed E-state index contributed by atoms with van der Waals surface area (Å²) in [5.41, 5.74) is 3.06. The van der Waals surface area contributed by atoms with Crippen molar-refractivity contribution in [2.45, 2.75) is 22.8 Å². The smallest absolute Gasteiger partial charge is 0.259 e. The molecule has 0 atom stereocenters. The van der Waals surface area contributed by atoms with E-state index >= 15 is 0 Å². The van der Waals surface area contributed by atoms with Gasteiger partial charge in [-0.15, -0.1) is 0 Å². The lowest BCUT2D eigenvalue weighted by Crippen LogP contribution is -3.14. The fourth-order valence-corrected chi connectivity index (χ4v) is 5.60. The molecule has 5 rings (SSSR count). The molecule has 2 N–H and O–H groups in total. The molecule has 6 nitrogen and oxygen atoms in total. The molecule has 2 aliphatic rings. The van der Waals surface area contributed by atoms with E-state index in [2.05, 4.69) is 5.32 Å². The summed E-state index contributed by atoms with van der Waals surface area (Å²) < 4.78 is 5.41. The highest BCUT2D eigenvalue weighted by atomic mass is 32.2. The van der Waals surface area contributed by atoms with Gasteiger partial charge in [-0.1, -0.05) is 54.2 Å². The molecule has 0 aromatic heterocycles. The fourth-order valence-electron chi connectivity index (χ4n) is 4.54. The molecule has 7 heteroatoms. The van der Waals surface area contributed by atoms with E-state index in [-0.39, 0.29) is 11.8 Å². The molecule has 0 unspecified atom stereocenters. The largest absolute Gasteiger partial charge is 0.370 e. The molecule has 1 fully saturated rings. The molecule has 0 aliphatic carbocycles. The minimum Gasteiger partial charge on any atom is -0.370 e. The summed E-state index contributed by atoms with van der Waals surface area (Å²) >= 11 is 1.57. The molecule has 180 valence electrons. The quantitative estimate of drug-likeness (QED) is 0.502. The van der Waals surface area contributed by atoms with Crippen molar-refractivity contribution in [2.24, 2.45) is 0 Å². The fraction of sp³-hybridized carbons (Fsp3) is 0.286. The lowest BCUT2D eigenvalue weighted by atomic mass is 10.1. The van der Waals surface area contributed by atoms with Gasteiger partial charge in [0, 0.05) is 28.3 Å². The van der Waals surface area contributed by atoms with Crippen molar-refractivity contribution in [3.63, 3.8) is 0 Å². The Hall–Kier alpha value is -3.13. The number of quaternary nitrogens is 1. The number of nitrogens with one attached hydrogen (secondary N) is 2. The Morgan fingerprint density at radius 2 is 1.74 bits per heavy atom. The van der Waals surface area contributed by atoms with E-state index < -0.39 is 0 Å². The van der Waals surface area contributed by atoms with Gasteiger partial charge in [-0.2, -0.15) is 0 Å². The number of carbonyl (C=O) groups excluding carboxylic acids is 2. The molecular formula is C28H30N3O3S+. The molecule has 35 heavy (non-hydrogen) atoms. The van der Waals surface area contributed by atoms with Gasteiger partial charge in [0.1, 0.15) is 13.1 Å². The highest BCUT2D eigenvalue weighted by Gasteiger charge is 2.28. The number of fused-ring (bicyclic) bond motifs is 2. The van der Waals surface area contributed by atoms with Crippen molar-refractivity contribution in [1.29, 1.82) is 0 Å². The maximum atomic E-state index is 13.6. The van der Waals surface area contributed by atoms with Crippen LogP contribution in [0.2, 0.25) is 0 Å². The van der Waals surface area contributed by atoms with Crippen molar-refractivity contribution in [2.75, 3.05) is 44.3 Å². The van der Waals surface area contributed by atoms with Crippen molar-refractivity contribution in [3.8, 4) is 0 Å². The number of carbonyl (C=O) groups is 2. The number of benzene rings is 3. The molecule has 2 amide bonds. The second-order valence-electron chi connectivity index (χ2n) is 8.88. The van der Waals surface area contributed by atoms with E-state index in [1.54, 1.807) is 16.7 Å². The van der Waals surface area contributed by atoms with Crippen LogP contribution in [-0.2, 0) is 11.3 Å². The average molecular weight is 489 g/mol. The molecule has 0 bridgehead atoms. The zero-order valence-corrected chi connectivity index (χ0v) is 20.5. The van der Waals surface area contributed by atoms with Gasteiger partial charge in [0.15, 0.2) is 0 Å². The Kier molecular flexibility index (Phi) is 7.47. The number of morpholine rings is 1. The van der Waals surface area contributed by atoms with Crippen LogP contribution in [0.3, 0.4) is 0 Å². The summed E-state index contributed by atoms with van der Waals surface area (Å²) in [6.45, 7) is 5.80. The molecule has 0 radical (unpaired) electrons. The van der Waals surface area contributed by atoms with Gasteiger partial charge in [-0.05, 0) is 35.9 Å². The topological polar surface area (TPSA) is 63.1 Å². The third-order valence-corrected chi connectivity index (χ3v) is 7.61. The first-order valence-electron chi connectivity index (χ1n) is 12.2. The van der Waals surface area contributed by atoms with E-state index in [9.17, 15) is 9.59 Å². The first-order valence-corrected chi connectivity index (χ1v) is 13.0. The van der Waals surface area contributed by atoms with E-state index in [1.807, 2.05) is 72.8 Å². The van der Waals surface area contributed by atoms with Gasteiger partial charge in [0.05, 0.1) is 37.6 Å². The predicted octanol–water partition coefficient (Wildman–Crippen LogP) is 3.03. The van der Waals surface area contributed by atoms with E-state index in [4.69, 9.17) is 4.74 Å². The summed E-state index contributed by atoms with van der Waals surface area (Å²) in [4.78, 5) is 31.8. The van der Waals surface area contributed by atoms with Crippen LogP contribution < -0.4 is 15.1 Å². The van der Waals surface area contributed by atoms with E-state index in [1.165, 1.54) is 4.90 Å². The average Bonchev–Trinajstić information content (AvgIpc) is 3.02. The third-order valence-electron chi connectivity index (χ3n) is 6.47. The van der Waals surface area contributed by atoms with Crippen LogP contribution >= 0.6 is 11.8 Å². The zero-order valence-electron chi connectivity index (χ0n) is 19.7. The van der Waals surface area contributed by atoms with Crippen LogP contribution in [0.25, 0.3) is 0 Å². The first kappa shape index (κ1) is 23.6. The van der Waals surface area contributed by atoms with E-state index in [0.29, 0.717) is 24.2 Å². The van der Waals surface area contributed by atoms with Crippen molar-refractivity contribution in [3.05, 3.63) is 89.5 Å². The highest BCUT2D eigenvalue weighted by molar-refractivity contribution is 7.99.